The zero-order chi connectivity index (χ0) is 15.2. The second-order valence-corrected chi connectivity index (χ2v) is 5.94. The minimum Gasteiger partial charge on any atom is -0.354 e. The highest BCUT2D eigenvalue weighted by molar-refractivity contribution is 5.46. The van der Waals surface area contributed by atoms with E-state index in [-0.39, 0.29) is 0 Å². The number of anilines is 2. The predicted molar refractivity (Wildman–Crippen MR) is 89.3 cm³/mol. The van der Waals surface area contributed by atoms with Crippen LogP contribution >= 0.6 is 0 Å². The molecule has 1 aliphatic rings. The molecule has 2 heterocycles. The molecular formula is C16H29N5. The molecule has 0 aromatic carbocycles. The summed E-state index contributed by atoms with van der Waals surface area (Å²) in [6.07, 6.45) is 2.25. The summed E-state index contributed by atoms with van der Waals surface area (Å²) < 4.78 is 0. The zero-order valence-corrected chi connectivity index (χ0v) is 14.0. The van der Waals surface area contributed by atoms with Crippen LogP contribution in [0.3, 0.4) is 0 Å². The lowest BCUT2D eigenvalue weighted by molar-refractivity contribution is 0.312. The topological polar surface area (TPSA) is 35.5 Å². The summed E-state index contributed by atoms with van der Waals surface area (Å²) in [5.41, 5.74) is 1.06. The fourth-order valence-corrected chi connectivity index (χ4v) is 2.73. The van der Waals surface area contributed by atoms with E-state index in [0.29, 0.717) is 0 Å². The van der Waals surface area contributed by atoms with Crippen molar-refractivity contribution in [3.8, 4) is 0 Å². The molecule has 0 amide bonds. The van der Waals surface area contributed by atoms with E-state index in [1.807, 2.05) is 0 Å². The minimum atomic E-state index is 0.896. The first kappa shape index (κ1) is 16.0. The first-order chi connectivity index (χ1) is 10.1. The summed E-state index contributed by atoms with van der Waals surface area (Å²) >= 11 is 0. The first-order valence-electron chi connectivity index (χ1n) is 8.18. The van der Waals surface area contributed by atoms with Gasteiger partial charge in [0.1, 0.15) is 5.82 Å². The third kappa shape index (κ3) is 4.30. The predicted octanol–water partition coefficient (Wildman–Crippen LogP) is 2.16. The average molecular weight is 291 g/mol. The van der Waals surface area contributed by atoms with E-state index in [1.54, 1.807) is 0 Å². The maximum atomic E-state index is 4.84. The van der Waals surface area contributed by atoms with Gasteiger partial charge in [0, 0.05) is 51.0 Å². The third-order valence-electron chi connectivity index (χ3n) is 3.93. The normalized spacial score (nSPS) is 16.3. The molecule has 0 N–H and O–H groups in total. The van der Waals surface area contributed by atoms with Gasteiger partial charge in [0.05, 0.1) is 0 Å². The number of hydrogen-bond acceptors (Lipinski definition) is 5. The molecule has 1 fully saturated rings. The van der Waals surface area contributed by atoms with Gasteiger partial charge < -0.3 is 14.7 Å². The van der Waals surface area contributed by atoms with Crippen LogP contribution in [0.5, 0.6) is 0 Å². The van der Waals surface area contributed by atoms with Gasteiger partial charge in [0.2, 0.25) is 5.95 Å². The summed E-state index contributed by atoms with van der Waals surface area (Å²) in [4.78, 5) is 16.6. The Balaban J connectivity index is 2.19. The maximum absolute atomic E-state index is 4.84. The number of aromatic nitrogens is 2. The van der Waals surface area contributed by atoms with Crippen LogP contribution in [0.25, 0.3) is 0 Å². The van der Waals surface area contributed by atoms with Crippen molar-refractivity contribution in [3.63, 3.8) is 0 Å². The van der Waals surface area contributed by atoms with Crippen LogP contribution in [0.4, 0.5) is 11.8 Å². The van der Waals surface area contributed by atoms with Crippen molar-refractivity contribution in [2.75, 3.05) is 56.1 Å². The number of nitrogens with zero attached hydrogens (tertiary/aromatic N) is 5. The van der Waals surface area contributed by atoms with Crippen molar-refractivity contribution < 1.29 is 0 Å². The fourth-order valence-electron chi connectivity index (χ4n) is 2.73. The number of hydrogen-bond donors (Lipinski definition) is 0. The van der Waals surface area contributed by atoms with Crippen molar-refractivity contribution in [3.05, 3.63) is 11.8 Å². The molecule has 0 bridgehead atoms. The lowest BCUT2D eigenvalue weighted by Crippen LogP contribution is -2.45. The van der Waals surface area contributed by atoms with E-state index >= 15 is 0 Å². The highest BCUT2D eigenvalue weighted by Crippen LogP contribution is 2.19. The van der Waals surface area contributed by atoms with E-state index < -0.39 is 0 Å². The van der Waals surface area contributed by atoms with Crippen molar-refractivity contribution in [1.29, 1.82) is 0 Å². The van der Waals surface area contributed by atoms with Crippen LogP contribution in [0, 0.1) is 6.92 Å². The van der Waals surface area contributed by atoms with Crippen LogP contribution in [0.2, 0.25) is 0 Å². The van der Waals surface area contributed by atoms with E-state index in [0.717, 1.165) is 69.6 Å². The first-order valence-corrected chi connectivity index (χ1v) is 8.18. The molecule has 118 valence electrons. The molecule has 1 aromatic heterocycles. The Kier molecular flexibility index (Phi) is 5.79. The Morgan fingerprint density at radius 1 is 1.05 bits per heavy atom. The molecular weight excluding hydrogens is 262 g/mol. The second kappa shape index (κ2) is 7.59. The molecule has 0 atom stereocenters. The van der Waals surface area contributed by atoms with Gasteiger partial charge in [-0.15, -0.1) is 0 Å². The van der Waals surface area contributed by atoms with Crippen molar-refractivity contribution in [2.45, 2.75) is 33.6 Å². The van der Waals surface area contributed by atoms with Gasteiger partial charge >= 0.3 is 0 Å². The van der Waals surface area contributed by atoms with Gasteiger partial charge in [-0.3, -0.25) is 0 Å². The number of piperazine rings is 1. The molecule has 21 heavy (non-hydrogen) atoms. The van der Waals surface area contributed by atoms with Gasteiger partial charge in [-0.2, -0.15) is 4.98 Å². The lowest BCUT2D eigenvalue weighted by atomic mass is 10.3. The standard InChI is InChI=1S/C16H29N5/c1-5-7-21(8-6-2)16-17-14(3)13-15(18-16)20-11-9-19(4)10-12-20/h13H,5-12H2,1-4H3. The molecule has 1 aromatic rings. The van der Waals surface area contributed by atoms with E-state index in [1.165, 1.54) is 0 Å². The molecule has 5 nitrogen and oxygen atoms in total. The molecule has 2 rings (SSSR count). The Labute approximate surface area is 129 Å². The minimum absolute atomic E-state index is 0.896. The second-order valence-electron chi connectivity index (χ2n) is 5.94. The maximum Gasteiger partial charge on any atom is 0.227 e. The van der Waals surface area contributed by atoms with Crippen LogP contribution in [0.15, 0.2) is 6.07 Å². The fraction of sp³-hybridized carbons (Fsp3) is 0.750. The quantitative estimate of drug-likeness (QED) is 0.802. The molecule has 0 saturated carbocycles. The Morgan fingerprint density at radius 3 is 2.24 bits per heavy atom. The van der Waals surface area contributed by atoms with E-state index in [9.17, 15) is 0 Å². The van der Waals surface area contributed by atoms with Crippen LogP contribution < -0.4 is 9.80 Å². The van der Waals surface area contributed by atoms with Crippen molar-refractivity contribution in [2.24, 2.45) is 0 Å². The van der Waals surface area contributed by atoms with Crippen molar-refractivity contribution in [1.82, 2.24) is 14.9 Å². The van der Waals surface area contributed by atoms with Gasteiger partial charge in [-0.25, -0.2) is 4.98 Å². The summed E-state index contributed by atoms with van der Waals surface area (Å²) in [7, 11) is 2.18. The highest BCUT2D eigenvalue weighted by atomic mass is 15.3. The molecule has 0 radical (unpaired) electrons. The smallest absolute Gasteiger partial charge is 0.227 e. The van der Waals surface area contributed by atoms with Gasteiger partial charge in [0.25, 0.3) is 0 Å². The summed E-state index contributed by atoms with van der Waals surface area (Å²) in [6, 6.07) is 2.12. The van der Waals surface area contributed by atoms with Gasteiger partial charge in [-0.05, 0) is 26.8 Å². The molecule has 0 aliphatic carbocycles. The molecule has 1 saturated heterocycles. The summed E-state index contributed by atoms with van der Waals surface area (Å²) in [5.74, 6) is 1.98. The summed E-state index contributed by atoms with van der Waals surface area (Å²) in [5, 5.41) is 0. The van der Waals surface area contributed by atoms with Gasteiger partial charge in [-0.1, -0.05) is 13.8 Å². The Bertz CT molecular complexity index is 434. The van der Waals surface area contributed by atoms with Crippen LogP contribution in [-0.2, 0) is 0 Å². The summed E-state index contributed by atoms with van der Waals surface area (Å²) in [6.45, 7) is 12.8. The number of likely N-dealkylation sites (N-methyl/N-ethyl adjacent to an activating group) is 1. The van der Waals surface area contributed by atoms with E-state index in [4.69, 9.17) is 4.98 Å². The largest absolute Gasteiger partial charge is 0.354 e. The van der Waals surface area contributed by atoms with Crippen LogP contribution in [-0.4, -0.2) is 61.2 Å². The van der Waals surface area contributed by atoms with E-state index in [2.05, 4.69) is 53.6 Å². The monoisotopic (exact) mass is 291 g/mol. The lowest BCUT2D eigenvalue weighted by Gasteiger charge is -2.34. The van der Waals surface area contributed by atoms with Gasteiger partial charge in [0.15, 0.2) is 0 Å². The SMILES string of the molecule is CCCN(CCC)c1nc(C)cc(N2CCN(C)CC2)n1. The Morgan fingerprint density at radius 2 is 1.67 bits per heavy atom. The molecule has 5 heteroatoms. The highest BCUT2D eigenvalue weighted by Gasteiger charge is 2.18. The Hall–Kier alpha value is -1.36. The molecule has 0 unspecified atom stereocenters. The zero-order valence-electron chi connectivity index (χ0n) is 14.0. The van der Waals surface area contributed by atoms with Crippen LogP contribution in [0.1, 0.15) is 32.4 Å². The molecule has 1 aliphatic heterocycles. The third-order valence-corrected chi connectivity index (χ3v) is 3.93. The van der Waals surface area contributed by atoms with Crippen molar-refractivity contribution >= 4 is 11.8 Å². The average Bonchev–Trinajstić information content (AvgIpc) is 2.47. The number of rotatable bonds is 6. The molecule has 0 spiro atoms. The number of aryl methyl sites for hydroxylation is 1.